The molecular formula is C11H9N5O3. The van der Waals surface area contributed by atoms with Gasteiger partial charge in [0.15, 0.2) is 11.2 Å². The molecule has 0 spiro atoms. The first-order chi connectivity index (χ1) is 9.16. The smallest absolute Gasteiger partial charge is 0.305 e. The highest BCUT2D eigenvalue weighted by Crippen LogP contribution is 2.07. The number of aromatic nitrogens is 5. The van der Waals surface area contributed by atoms with E-state index in [2.05, 4.69) is 15.3 Å². The molecule has 19 heavy (non-hydrogen) atoms. The van der Waals surface area contributed by atoms with Crippen LogP contribution in [0.4, 0.5) is 0 Å². The Bertz CT molecular complexity index is 835. The van der Waals surface area contributed by atoms with Gasteiger partial charge < -0.3 is 9.67 Å². The van der Waals surface area contributed by atoms with E-state index in [4.69, 9.17) is 5.11 Å². The largest absolute Gasteiger partial charge is 0.481 e. The molecule has 0 unspecified atom stereocenters. The van der Waals surface area contributed by atoms with Crippen LogP contribution >= 0.6 is 0 Å². The second kappa shape index (κ2) is 4.16. The SMILES string of the molecule is O=C(O)CCn1ccc2c(nnc3ccnn32)c1=O. The minimum absolute atomic E-state index is 0.100. The maximum atomic E-state index is 12.1. The minimum Gasteiger partial charge on any atom is -0.481 e. The number of carbonyl (C=O) groups is 1. The van der Waals surface area contributed by atoms with Gasteiger partial charge in [-0.25, -0.2) is 4.52 Å². The van der Waals surface area contributed by atoms with Crippen molar-refractivity contribution in [2.24, 2.45) is 0 Å². The topological polar surface area (TPSA) is 102 Å². The lowest BCUT2D eigenvalue weighted by Crippen LogP contribution is -2.22. The quantitative estimate of drug-likeness (QED) is 0.705. The summed E-state index contributed by atoms with van der Waals surface area (Å²) in [6, 6.07) is 3.36. The number of rotatable bonds is 3. The molecule has 0 bridgehead atoms. The van der Waals surface area contributed by atoms with Crippen molar-refractivity contribution in [2.75, 3.05) is 0 Å². The van der Waals surface area contributed by atoms with Crippen LogP contribution in [0.25, 0.3) is 16.7 Å². The van der Waals surface area contributed by atoms with Crippen LogP contribution in [0, 0.1) is 0 Å². The van der Waals surface area contributed by atoms with Gasteiger partial charge in [0.05, 0.1) is 12.6 Å². The summed E-state index contributed by atoms with van der Waals surface area (Å²) in [6.07, 6.45) is 2.98. The van der Waals surface area contributed by atoms with Crippen molar-refractivity contribution in [3.05, 3.63) is 34.9 Å². The molecule has 3 rings (SSSR count). The summed E-state index contributed by atoms with van der Waals surface area (Å²) >= 11 is 0. The highest BCUT2D eigenvalue weighted by atomic mass is 16.4. The van der Waals surface area contributed by atoms with E-state index in [-0.39, 0.29) is 24.0 Å². The van der Waals surface area contributed by atoms with E-state index >= 15 is 0 Å². The summed E-state index contributed by atoms with van der Waals surface area (Å²) in [5, 5.41) is 20.5. The van der Waals surface area contributed by atoms with Crippen molar-refractivity contribution in [2.45, 2.75) is 13.0 Å². The summed E-state index contributed by atoms with van der Waals surface area (Å²) in [4.78, 5) is 22.7. The first kappa shape index (κ1) is 11.3. The predicted octanol–water partition coefficient (Wildman–Crippen LogP) is -0.0861. The molecule has 0 aliphatic carbocycles. The molecule has 3 heterocycles. The van der Waals surface area contributed by atoms with Crippen LogP contribution < -0.4 is 5.56 Å². The third-order valence-electron chi connectivity index (χ3n) is 2.79. The summed E-state index contributed by atoms with van der Waals surface area (Å²) in [7, 11) is 0. The number of aliphatic carboxylic acids is 1. The number of hydrogen-bond donors (Lipinski definition) is 1. The van der Waals surface area contributed by atoms with Gasteiger partial charge in [0, 0.05) is 18.8 Å². The molecule has 8 nitrogen and oxygen atoms in total. The Morgan fingerprint density at radius 2 is 2.16 bits per heavy atom. The zero-order chi connectivity index (χ0) is 13.4. The number of pyridine rings is 1. The second-order valence-electron chi connectivity index (χ2n) is 3.99. The van der Waals surface area contributed by atoms with E-state index in [1.807, 2.05) is 0 Å². The molecule has 0 fully saturated rings. The molecule has 0 radical (unpaired) electrons. The fraction of sp³-hybridized carbons (Fsp3) is 0.182. The van der Waals surface area contributed by atoms with E-state index in [9.17, 15) is 9.59 Å². The average Bonchev–Trinajstić information content (AvgIpc) is 2.86. The maximum absolute atomic E-state index is 12.1. The number of nitrogens with zero attached hydrogens (tertiary/aromatic N) is 5. The maximum Gasteiger partial charge on any atom is 0.305 e. The molecule has 0 aromatic carbocycles. The van der Waals surface area contributed by atoms with Gasteiger partial charge in [-0.2, -0.15) is 5.10 Å². The number of carboxylic acid groups (broad SMARTS) is 1. The lowest BCUT2D eigenvalue weighted by molar-refractivity contribution is -0.137. The summed E-state index contributed by atoms with van der Waals surface area (Å²) in [5.41, 5.74) is 0.898. The number of hydrogen-bond acceptors (Lipinski definition) is 5. The van der Waals surface area contributed by atoms with Crippen LogP contribution in [0.15, 0.2) is 29.3 Å². The van der Waals surface area contributed by atoms with Gasteiger partial charge in [-0.15, -0.1) is 10.2 Å². The van der Waals surface area contributed by atoms with Crippen LogP contribution in [-0.2, 0) is 11.3 Å². The highest BCUT2D eigenvalue weighted by molar-refractivity contribution is 5.74. The average molecular weight is 259 g/mol. The molecular weight excluding hydrogens is 250 g/mol. The van der Waals surface area contributed by atoms with Crippen molar-refractivity contribution in [3.63, 3.8) is 0 Å². The Balaban J connectivity index is 2.19. The normalized spacial score (nSPS) is 11.2. The molecule has 0 aliphatic heterocycles. The van der Waals surface area contributed by atoms with E-state index in [1.54, 1.807) is 18.3 Å². The lowest BCUT2D eigenvalue weighted by Gasteiger charge is -2.05. The number of fused-ring (bicyclic) bond motifs is 3. The molecule has 0 saturated heterocycles. The Hall–Kier alpha value is -2.77. The van der Waals surface area contributed by atoms with Gasteiger partial charge in [-0.1, -0.05) is 0 Å². The Morgan fingerprint density at radius 1 is 1.32 bits per heavy atom. The molecule has 1 N–H and O–H groups in total. The summed E-state index contributed by atoms with van der Waals surface area (Å²) < 4.78 is 2.83. The molecule has 0 atom stereocenters. The van der Waals surface area contributed by atoms with Gasteiger partial charge >= 0.3 is 5.97 Å². The minimum atomic E-state index is -0.958. The lowest BCUT2D eigenvalue weighted by atomic mass is 10.3. The predicted molar refractivity (Wildman–Crippen MR) is 64.8 cm³/mol. The van der Waals surface area contributed by atoms with Gasteiger partial charge in [0.25, 0.3) is 5.56 Å². The van der Waals surface area contributed by atoms with Crippen molar-refractivity contribution in [3.8, 4) is 0 Å². The van der Waals surface area contributed by atoms with Gasteiger partial charge in [-0.3, -0.25) is 9.59 Å². The Labute approximate surface area is 105 Å². The summed E-state index contributed by atoms with van der Waals surface area (Å²) in [6.45, 7) is 0.100. The fourth-order valence-electron chi connectivity index (χ4n) is 1.87. The number of aryl methyl sites for hydroxylation is 1. The Morgan fingerprint density at radius 3 is 2.95 bits per heavy atom. The van der Waals surface area contributed by atoms with Gasteiger partial charge in [-0.05, 0) is 6.07 Å². The standard InChI is InChI=1S/C11H9N5O3/c17-9(18)3-6-15-5-2-7-10(11(15)19)14-13-8-1-4-12-16(7)8/h1-2,4-5H,3,6H2,(H,17,18). The molecule has 0 saturated carbocycles. The van der Waals surface area contributed by atoms with E-state index < -0.39 is 5.97 Å². The van der Waals surface area contributed by atoms with Crippen LogP contribution in [-0.4, -0.2) is 35.5 Å². The Kier molecular flexibility index (Phi) is 2.48. The van der Waals surface area contributed by atoms with E-state index in [0.717, 1.165) is 0 Å². The third-order valence-corrected chi connectivity index (χ3v) is 2.79. The molecule has 96 valence electrons. The van der Waals surface area contributed by atoms with Crippen molar-refractivity contribution in [1.29, 1.82) is 0 Å². The molecule has 0 amide bonds. The van der Waals surface area contributed by atoms with Crippen LogP contribution in [0.5, 0.6) is 0 Å². The fourth-order valence-corrected chi connectivity index (χ4v) is 1.87. The monoisotopic (exact) mass is 259 g/mol. The van der Waals surface area contributed by atoms with Crippen LogP contribution in [0.2, 0.25) is 0 Å². The van der Waals surface area contributed by atoms with E-state index in [0.29, 0.717) is 11.2 Å². The molecule has 3 aromatic heterocycles. The van der Waals surface area contributed by atoms with Gasteiger partial charge in [0.2, 0.25) is 0 Å². The molecule has 3 aromatic rings. The van der Waals surface area contributed by atoms with Crippen LogP contribution in [0.1, 0.15) is 6.42 Å². The first-order valence-electron chi connectivity index (χ1n) is 5.58. The van der Waals surface area contributed by atoms with Crippen molar-refractivity contribution >= 4 is 22.6 Å². The second-order valence-corrected chi connectivity index (χ2v) is 3.99. The molecule has 0 aliphatic rings. The van der Waals surface area contributed by atoms with E-state index in [1.165, 1.54) is 15.3 Å². The zero-order valence-corrected chi connectivity index (χ0v) is 9.72. The zero-order valence-electron chi connectivity index (χ0n) is 9.72. The van der Waals surface area contributed by atoms with Gasteiger partial charge in [0.1, 0.15) is 5.52 Å². The van der Waals surface area contributed by atoms with Crippen LogP contribution in [0.3, 0.4) is 0 Å². The number of carboxylic acids is 1. The summed E-state index contributed by atoms with van der Waals surface area (Å²) in [5.74, 6) is -0.958. The van der Waals surface area contributed by atoms with Crippen molar-refractivity contribution < 1.29 is 9.90 Å². The molecule has 8 heteroatoms. The third kappa shape index (κ3) is 1.82. The highest BCUT2D eigenvalue weighted by Gasteiger charge is 2.09. The van der Waals surface area contributed by atoms with Crippen molar-refractivity contribution in [1.82, 2.24) is 24.4 Å². The first-order valence-corrected chi connectivity index (χ1v) is 5.58.